The van der Waals surface area contributed by atoms with Crippen LogP contribution in [-0.2, 0) is 13.0 Å². The van der Waals surface area contributed by atoms with Crippen molar-refractivity contribution < 1.29 is 0 Å². The van der Waals surface area contributed by atoms with E-state index in [0.717, 1.165) is 55.7 Å². The number of pyridine rings is 1. The fourth-order valence-corrected chi connectivity index (χ4v) is 4.30. The van der Waals surface area contributed by atoms with E-state index in [1.807, 2.05) is 18.2 Å². The number of nitrogen functional groups attached to an aromatic ring is 1. The second-order valence-corrected chi connectivity index (χ2v) is 7.25. The number of benzene rings is 2. The van der Waals surface area contributed by atoms with Gasteiger partial charge in [0.1, 0.15) is 5.52 Å². The zero-order valence-corrected chi connectivity index (χ0v) is 14.9. The van der Waals surface area contributed by atoms with Crippen molar-refractivity contribution >= 4 is 38.3 Å². The van der Waals surface area contributed by atoms with E-state index in [-0.39, 0.29) is 0 Å². The molecular weight excluding hydrogens is 328 g/mol. The number of hydrogen-bond acceptors (Lipinski definition) is 5. The molecule has 126 valence electrons. The third kappa shape index (κ3) is 2.86. The predicted octanol–water partition coefficient (Wildman–Crippen LogP) is 4.50. The van der Waals surface area contributed by atoms with Crippen molar-refractivity contribution in [2.24, 2.45) is 5.73 Å². The molecule has 0 fully saturated rings. The lowest BCUT2D eigenvalue weighted by Crippen LogP contribution is -1.96. The van der Waals surface area contributed by atoms with Crippen molar-refractivity contribution in [1.82, 2.24) is 9.97 Å². The summed E-state index contributed by atoms with van der Waals surface area (Å²) in [5, 5.41) is 2.23. The van der Waals surface area contributed by atoms with Crippen LogP contribution in [0.2, 0.25) is 0 Å². The minimum absolute atomic E-state index is 0.513. The number of thiazole rings is 1. The van der Waals surface area contributed by atoms with Gasteiger partial charge in [0, 0.05) is 11.9 Å². The number of fused-ring (bicyclic) bond motifs is 3. The fraction of sp³-hybridized carbons (Fsp3) is 0.200. The molecule has 0 aliphatic carbocycles. The van der Waals surface area contributed by atoms with Gasteiger partial charge in [-0.15, -0.1) is 11.3 Å². The smallest absolute Gasteiger partial charge is 0.151 e. The highest BCUT2D eigenvalue weighted by molar-refractivity contribution is 7.19. The second-order valence-electron chi connectivity index (χ2n) is 6.17. The largest absolute Gasteiger partial charge is 0.382 e. The molecule has 4 rings (SSSR count). The van der Waals surface area contributed by atoms with Crippen LogP contribution < -0.4 is 11.5 Å². The average molecular weight is 348 g/mol. The molecule has 5 heteroatoms. The first-order valence-electron chi connectivity index (χ1n) is 8.47. The van der Waals surface area contributed by atoms with Gasteiger partial charge < -0.3 is 11.5 Å². The van der Waals surface area contributed by atoms with E-state index in [1.165, 1.54) is 0 Å². The van der Waals surface area contributed by atoms with Crippen molar-refractivity contribution in [2.75, 3.05) is 5.73 Å². The molecule has 0 saturated carbocycles. The molecule has 2 heterocycles. The van der Waals surface area contributed by atoms with E-state index in [1.54, 1.807) is 11.3 Å². The van der Waals surface area contributed by atoms with Gasteiger partial charge in [-0.2, -0.15) is 0 Å². The molecule has 0 saturated heterocycles. The maximum absolute atomic E-state index is 6.14. The Hall–Kier alpha value is -2.50. The summed E-state index contributed by atoms with van der Waals surface area (Å²) in [6.45, 7) is 2.70. The molecule has 0 radical (unpaired) electrons. The summed E-state index contributed by atoms with van der Waals surface area (Å²) in [5.41, 5.74) is 17.1. The molecule has 4 nitrogen and oxygen atoms in total. The lowest BCUT2D eigenvalue weighted by atomic mass is 10.0. The minimum atomic E-state index is 0.513. The SMILES string of the molecule is CCCc1nc2c(N)nc3ccc(-c4cccc(CN)c4)cc3c2s1. The van der Waals surface area contributed by atoms with Gasteiger partial charge in [0.05, 0.1) is 15.2 Å². The number of nitrogens with two attached hydrogens (primary N) is 2. The summed E-state index contributed by atoms with van der Waals surface area (Å²) in [5.74, 6) is 0.513. The van der Waals surface area contributed by atoms with Crippen LogP contribution in [0, 0.1) is 0 Å². The molecule has 0 bridgehead atoms. The lowest BCUT2D eigenvalue weighted by Gasteiger charge is -2.07. The number of rotatable bonds is 4. The number of aromatic nitrogens is 2. The maximum atomic E-state index is 6.14. The van der Waals surface area contributed by atoms with Gasteiger partial charge in [-0.3, -0.25) is 0 Å². The molecule has 4 aromatic rings. The van der Waals surface area contributed by atoms with E-state index in [0.29, 0.717) is 12.4 Å². The van der Waals surface area contributed by atoms with Gasteiger partial charge in [0.25, 0.3) is 0 Å². The number of nitrogens with zero attached hydrogens (tertiary/aromatic N) is 2. The Bertz CT molecular complexity index is 1070. The molecule has 0 atom stereocenters. The number of anilines is 1. The molecule has 4 N–H and O–H groups in total. The molecule has 0 amide bonds. The highest BCUT2D eigenvalue weighted by Gasteiger charge is 2.13. The van der Waals surface area contributed by atoms with Gasteiger partial charge in [0.2, 0.25) is 0 Å². The molecule has 2 aromatic carbocycles. The van der Waals surface area contributed by atoms with Gasteiger partial charge in [-0.1, -0.05) is 31.2 Å². The number of hydrogen-bond donors (Lipinski definition) is 2. The first-order valence-corrected chi connectivity index (χ1v) is 9.29. The number of aryl methyl sites for hydroxylation is 1. The van der Waals surface area contributed by atoms with Crippen LogP contribution in [0.3, 0.4) is 0 Å². The third-order valence-electron chi connectivity index (χ3n) is 4.36. The molecule has 0 aliphatic heterocycles. The Morgan fingerprint density at radius 3 is 2.68 bits per heavy atom. The van der Waals surface area contributed by atoms with Gasteiger partial charge in [-0.25, -0.2) is 9.97 Å². The topological polar surface area (TPSA) is 77.8 Å². The Morgan fingerprint density at radius 2 is 1.88 bits per heavy atom. The van der Waals surface area contributed by atoms with E-state index >= 15 is 0 Å². The summed E-state index contributed by atoms with van der Waals surface area (Å²) in [6, 6.07) is 14.7. The normalized spacial score (nSPS) is 11.4. The zero-order chi connectivity index (χ0) is 17.4. The van der Waals surface area contributed by atoms with E-state index in [2.05, 4.69) is 36.2 Å². The highest BCUT2D eigenvalue weighted by atomic mass is 32.1. The Kier molecular flexibility index (Phi) is 4.11. The summed E-state index contributed by atoms with van der Waals surface area (Å²) < 4.78 is 1.13. The highest BCUT2D eigenvalue weighted by Crippen LogP contribution is 2.35. The average Bonchev–Trinajstić information content (AvgIpc) is 3.07. The molecular formula is C20H20N4S. The van der Waals surface area contributed by atoms with E-state index in [4.69, 9.17) is 16.5 Å². The van der Waals surface area contributed by atoms with Crippen LogP contribution in [0.25, 0.3) is 32.2 Å². The van der Waals surface area contributed by atoms with Crippen molar-refractivity contribution in [1.29, 1.82) is 0 Å². The van der Waals surface area contributed by atoms with E-state index < -0.39 is 0 Å². The van der Waals surface area contributed by atoms with Gasteiger partial charge >= 0.3 is 0 Å². The minimum Gasteiger partial charge on any atom is -0.382 e. The summed E-state index contributed by atoms with van der Waals surface area (Å²) in [4.78, 5) is 9.24. The van der Waals surface area contributed by atoms with Crippen molar-refractivity contribution in [3.8, 4) is 11.1 Å². The molecule has 25 heavy (non-hydrogen) atoms. The molecule has 0 unspecified atom stereocenters. The standard InChI is InChI=1S/C20H20N4S/c1-2-4-17-24-18-19(25-17)15-10-14(7-8-16(15)23-20(18)22)13-6-3-5-12(9-13)11-21/h3,5-10H,2,4,11,21H2,1H3,(H2,22,23). The maximum Gasteiger partial charge on any atom is 0.151 e. The quantitative estimate of drug-likeness (QED) is 0.569. The Labute approximate surface area is 150 Å². The monoisotopic (exact) mass is 348 g/mol. The van der Waals surface area contributed by atoms with Crippen molar-refractivity contribution in [2.45, 2.75) is 26.3 Å². The Balaban J connectivity index is 1.94. The van der Waals surface area contributed by atoms with Crippen LogP contribution in [0.1, 0.15) is 23.9 Å². The molecule has 0 aliphatic rings. The molecule has 2 aromatic heterocycles. The second kappa shape index (κ2) is 6.43. The van der Waals surface area contributed by atoms with Crippen LogP contribution in [-0.4, -0.2) is 9.97 Å². The Morgan fingerprint density at radius 1 is 1.04 bits per heavy atom. The van der Waals surface area contributed by atoms with Crippen LogP contribution in [0.5, 0.6) is 0 Å². The summed E-state index contributed by atoms with van der Waals surface area (Å²) >= 11 is 1.73. The lowest BCUT2D eigenvalue weighted by molar-refractivity contribution is 0.913. The van der Waals surface area contributed by atoms with Crippen molar-refractivity contribution in [3.05, 3.63) is 53.0 Å². The van der Waals surface area contributed by atoms with Crippen molar-refractivity contribution in [3.63, 3.8) is 0 Å². The first-order chi connectivity index (χ1) is 12.2. The predicted molar refractivity (Wildman–Crippen MR) is 107 cm³/mol. The van der Waals surface area contributed by atoms with Crippen LogP contribution in [0.4, 0.5) is 5.82 Å². The summed E-state index contributed by atoms with van der Waals surface area (Å²) in [7, 11) is 0. The summed E-state index contributed by atoms with van der Waals surface area (Å²) in [6.07, 6.45) is 2.04. The zero-order valence-electron chi connectivity index (χ0n) is 14.1. The first kappa shape index (κ1) is 16.0. The van der Waals surface area contributed by atoms with E-state index in [9.17, 15) is 0 Å². The fourth-order valence-electron chi connectivity index (χ4n) is 3.10. The molecule has 0 spiro atoms. The van der Waals surface area contributed by atoms with Gasteiger partial charge in [-0.05, 0) is 47.7 Å². The third-order valence-corrected chi connectivity index (χ3v) is 5.50. The van der Waals surface area contributed by atoms with Crippen LogP contribution >= 0.6 is 11.3 Å². The van der Waals surface area contributed by atoms with Gasteiger partial charge in [0.15, 0.2) is 5.82 Å². The van der Waals surface area contributed by atoms with Crippen LogP contribution in [0.15, 0.2) is 42.5 Å².